The zero-order chi connectivity index (χ0) is 30.9. The summed E-state index contributed by atoms with van der Waals surface area (Å²) in [6, 6.07) is 19.6. The number of likely N-dealkylation sites (tertiary alicyclic amines) is 1. The molecule has 2 aliphatic heterocycles. The van der Waals surface area contributed by atoms with E-state index in [0.717, 1.165) is 5.57 Å². The van der Waals surface area contributed by atoms with E-state index in [1.807, 2.05) is 31.2 Å². The Kier molecular flexibility index (Phi) is 6.73. The third kappa shape index (κ3) is 3.86. The Morgan fingerprint density at radius 3 is 2.41 bits per heavy atom. The Balaban J connectivity index is 1.49. The summed E-state index contributed by atoms with van der Waals surface area (Å²) in [5.41, 5.74) is 0.566. The van der Waals surface area contributed by atoms with Crippen molar-refractivity contribution in [1.29, 1.82) is 0 Å². The number of carbonyl (C=O) groups is 4. The van der Waals surface area contributed by atoms with Gasteiger partial charge in [-0.2, -0.15) is 0 Å². The number of benzene rings is 3. The van der Waals surface area contributed by atoms with Gasteiger partial charge in [0, 0.05) is 17.5 Å². The second-order valence-electron chi connectivity index (χ2n) is 12.1. The molecule has 0 radical (unpaired) electrons. The highest BCUT2D eigenvalue weighted by Crippen LogP contribution is 2.64. The van der Waals surface area contributed by atoms with Gasteiger partial charge in [0.1, 0.15) is 0 Å². The molecule has 0 spiro atoms. The van der Waals surface area contributed by atoms with Gasteiger partial charge in [0.15, 0.2) is 11.6 Å². The molecule has 0 unspecified atom stereocenters. The molecule has 2 heterocycles. The standard InChI is InChI=1S/C35H30ClFN2O5/c1-2-15-38-31(41)24-13-12-23-25(29(24)33(38)43)18-26-32(42)39(22-10-6-9-21(36)17-22)34(44)35(26,20-7-4-3-5-8-20)30(23)19-11-14-28(40)27(37)16-19/h3-12,14,16-17,24-26,29-30,40H,2,13,15,18H2,1H3/t24-,25+,26-,29-,30-,35+/m0/s1. The van der Waals surface area contributed by atoms with Crippen LogP contribution in [0.2, 0.25) is 5.02 Å². The average Bonchev–Trinajstić information content (AvgIpc) is 3.40. The molecule has 2 saturated heterocycles. The van der Waals surface area contributed by atoms with E-state index in [4.69, 9.17) is 11.6 Å². The van der Waals surface area contributed by atoms with E-state index >= 15 is 9.18 Å². The van der Waals surface area contributed by atoms with Crippen molar-refractivity contribution in [1.82, 2.24) is 4.90 Å². The van der Waals surface area contributed by atoms with Crippen LogP contribution < -0.4 is 4.90 Å². The molecule has 2 aliphatic carbocycles. The number of fused-ring (bicyclic) bond motifs is 4. The minimum atomic E-state index is -1.49. The molecular weight excluding hydrogens is 583 g/mol. The molecule has 0 bridgehead atoms. The smallest absolute Gasteiger partial charge is 0.246 e. The number of imide groups is 2. The molecule has 1 N–H and O–H groups in total. The summed E-state index contributed by atoms with van der Waals surface area (Å²) in [6.45, 7) is 2.22. The first-order chi connectivity index (χ1) is 21.2. The molecule has 7 rings (SSSR count). The van der Waals surface area contributed by atoms with Crippen molar-refractivity contribution in [3.63, 3.8) is 0 Å². The number of hydrogen-bond acceptors (Lipinski definition) is 5. The van der Waals surface area contributed by atoms with Gasteiger partial charge < -0.3 is 5.11 Å². The molecule has 4 amide bonds. The highest BCUT2D eigenvalue weighted by Gasteiger charge is 2.70. The lowest BCUT2D eigenvalue weighted by Crippen LogP contribution is -2.53. The highest BCUT2D eigenvalue weighted by atomic mass is 35.5. The summed E-state index contributed by atoms with van der Waals surface area (Å²) in [6.07, 6.45) is 3.02. The Bertz CT molecular complexity index is 1760. The van der Waals surface area contributed by atoms with Crippen LogP contribution in [0.25, 0.3) is 0 Å². The van der Waals surface area contributed by atoms with Crippen LogP contribution in [0.5, 0.6) is 5.75 Å². The lowest BCUT2D eigenvalue weighted by Gasteiger charge is -2.50. The first kappa shape index (κ1) is 28.5. The Morgan fingerprint density at radius 2 is 1.70 bits per heavy atom. The third-order valence-corrected chi connectivity index (χ3v) is 10.2. The van der Waals surface area contributed by atoms with Crippen LogP contribution in [0.15, 0.2) is 84.4 Å². The van der Waals surface area contributed by atoms with E-state index in [2.05, 4.69) is 0 Å². The predicted molar refractivity (Wildman–Crippen MR) is 161 cm³/mol. The molecule has 224 valence electrons. The van der Waals surface area contributed by atoms with Crippen LogP contribution in [0.4, 0.5) is 10.1 Å². The number of phenolic OH excluding ortho intramolecular Hbond substituents is 1. The molecule has 7 nitrogen and oxygen atoms in total. The monoisotopic (exact) mass is 612 g/mol. The molecule has 3 aromatic rings. The fraction of sp³-hybridized carbons (Fsp3) is 0.314. The molecule has 3 fully saturated rings. The summed E-state index contributed by atoms with van der Waals surface area (Å²) >= 11 is 6.31. The first-order valence-electron chi connectivity index (χ1n) is 14.9. The van der Waals surface area contributed by atoms with Gasteiger partial charge in [-0.15, -0.1) is 0 Å². The number of amides is 4. The van der Waals surface area contributed by atoms with Gasteiger partial charge in [-0.1, -0.05) is 72.6 Å². The van der Waals surface area contributed by atoms with E-state index in [1.165, 1.54) is 21.9 Å². The largest absolute Gasteiger partial charge is 0.505 e. The summed E-state index contributed by atoms with van der Waals surface area (Å²) in [7, 11) is 0. The van der Waals surface area contributed by atoms with Gasteiger partial charge in [0.05, 0.1) is 28.9 Å². The van der Waals surface area contributed by atoms with E-state index in [9.17, 15) is 19.5 Å². The fourth-order valence-corrected chi connectivity index (χ4v) is 8.52. The van der Waals surface area contributed by atoms with Crippen molar-refractivity contribution in [2.24, 2.45) is 23.7 Å². The van der Waals surface area contributed by atoms with E-state index in [0.29, 0.717) is 41.2 Å². The number of rotatable bonds is 5. The van der Waals surface area contributed by atoms with Gasteiger partial charge in [0.2, 0.25) is 23.6 Å². The Morgan fingerprint density at radius 1 is 0.932 bits per heavy atom. The second-order valence-corrected chi connectivity index (χ2v) is 12.6. The lowest BCUT2D eigenvalue weighted by atomic mass is 9.49. The fourth-order valence-electron chi connectivity index (χ4n) is 8.33. The number of nitrogens with zero attached hydrogens (tertiary/aromatic N) is 2. The Labute approximate surface area is 258 Å². The molecule has 6 atom stereocenters. The maximum absolute atomic E-state index is 15.1. The average molecular weight is 613 g/mol. The van der Waals surface area contributed by atoms with Crippen molar-refractivity contribution in [3.8, 4) is 5.75 Å². The minimum Gasteiger partial charge on any atom is -0.505 e. The van der Waals surface area contributed by atoms with Crippen molar-refractivity contribution in [3.05, 3.63) is 106 Å². The van der Waals surface area contributed by atoms with Crippen LogP contribution in [-0.2, 0) is 24.6 Å². The molecule has 3 aromatic carbocycles. The van der Waals surface area contributed by atoms with Gasteiger partial charge in [0.25, 0.3) is 0 Å². The number of halogens is 2. The van der Waals surface area contributed by atoms with E-state index in [-0.39, 0.29) is 18.2 Å². The molecule has 4 aliphatic rings. The number of phenols is 1. The second kappa shape index (κ2) is 10.4. The van der Waals surface area contributed by atoms with Crippen LogP contribution in [0.3, 0.4) is 0 Å². The minimum absolute atomic E-state index is 0.166. The maximum Gasteiger partial charge on any atom is 0.246 e. The number of anilines is 1. The van der Waals surface area contributed by atoms with Crippen LogP contribution >= 0.6 is 11.6 Å². The SMILES string of the molecule is CCCN1C(=O)[C@H]2[C@H](CC=C3[C@H]2C[C@H]2C(=O)N(c4cccc(Cl)c4)C(=O)[C@@]2(c2ccccc2)[C@H]3c2ccc(O)c(F)c2)C1=O. The van der Waals surface area contributed by atoms with Gasteiger partial charge in [-0.05, 0) is 66.6 Å². The van der Waals surface area contributed by atoms with Crippen molar-refractivity contribution < 1.29 is 28.7 Å². The van der Waals surface area contributed by atoms with Gasteiger partial charge in [-0.3, -0.25) is 24.1 Å². The topological polar surface area (TPSA) is 95.0 Å². The van der Waals surface area contributed by atoms with E-state index in [1.54, 1.807) is 42.5 Å². The van der Waals surface area contributed by atoms with Crippen LogP contribution in [0.1, 0.15) is 43.2 Å². The Hall–Kier alpha value is -4.30. The summed E-state index contributed by atoms with van der Waals surface area (Å²) in [4.78, 5) is 59.4. The van der Waals surface area contributed by atoms with Crippen molar-refractivity contribution in [2.75, 3.05) is 11.4 Å². The number of aromatic hydroxyl groups is 1. The summed E-state index contributed by atoms with van der Waals surface area (Å²) < 4.78 is 15.1. The highest BCUT2D eigenvalue weighted by molar-refractivity contribution is 6.32. The zero-order valence-corrected chi connectivity index (χ0v) is 24.7. The molecular formula is C35H30ClFN2O5. The number of hydrogen-bond donors (Lipinski definition) is 1. The zero-order valence-electron chi connectivity index (χ0n) is 24.0. The van der Waals surface area contributed by atoms with Gasteiger partial charge in [-0.25, -0.2) is 9.29 Å². The van der Waals surface area contributed by atoms with E-state index < -0.39 is 58.4 Å². The molecule has 44 heavy (non-hydrogen) atoms. The number of carbonyl (C=O) groups excluding carboxylic acids is 4. The van der Waals surface area contributed by atoms with Crippen LogP contribution in [0, 0.1) is 29.5 Å². The van der Waals surface area contributed by atoms with Crippen molar-refractivity contribution >= 4 is 40.9 Å². The molecule has 9 heteroatoms. The lowest BCUT2D eigenvalue weighted by molar-refractivity contribution is -0.140. The maximum atomic E-state index is 15.1. The third-order valence-electron chi connectivity index (χ3n) is 10.0. The van der Waals surface area contributed by atoms with Crippen molar-refractivity contribution in [2.45, 2.75) is 37.5 Å². The quantitative estimate of drug-likeness (QED) is 0.292. The number of allylic oxidation sites excluding steroid dienone is 2. The summed E-state index contributed by atoms with van der Waals surface area (Å²) in [5, 5.41) is 10.5. The van der Waals surface area contributed by atoms with Crippen LogP contribution in [-0.4, -0.2) is 40.2 Å². The summed E-state index contributed by atoms with van der Waals surface area (Å²) in [5.74, 6) is -6.31. The van der Waals surface area contributed by atoms with Gasteiger partial charge >= 0.3 is 0 Å². The molecule has 1 saturated carbocycles. The first-order valence-corrected chi connectivity index (χ1v) is 15.3. The predicted octanol–water partition coefficient (Wildman–Crippen LogP) is 5.76. The normalized spacial score (nSPS) is 29.4. The molecule has 0 aromatic heterocycles.